The molecule has 0 fully saturated rings. The van der Waals surface area contributed by atoms with Crippen LogP contribution in [0, 0.1) is 6.92 Å². The zero-order chi connectivity index (χ0) is 13.5. The predicted molar refractivity (Wildman–Crippen MR) is 65.2 cm³/mol. The molecule has 2 N–H and O–H groups in total. The lowest BCUT2D eigenvalue weighted by atomic mass is 10.2. The normalized spacial score (nSPS) is 10.2. The molecule has 6 heteroatoms. The zero-order valence-corrected chi connectivity index (χ0v) is 10.8. The number of furan rings is 1. The number of methoxy groups -OCH3 is 1. The number of amides is 1. The van der Waals surface area contributed by atoms with Crippen LogP contribution in [0.1, 0.15) is 28.3 Å². The molecular weight excluding hydrogens is 236 g/mol. The van der Waals surface area contributed by atoms with E-state index >= 15 is 0 Å². The summed E-state index contributed by atoms with van der Waals surface area (Å²) in [6.45, 7) is 2.56. The van der Waals surface area contributed by atoms with E-state index in [0.29, 0.717) is 30.0 Å². The molecule has 0 saturated heterocycles. The highest BCUT2D eigenvalue weighted by molar-refractivity contribution is 5.90. The maximum Gasteiger partial charge on any atom is 0.341 e. The van der Waals surface area contributed by atoms with Gasteiger partial charge in [0.1, 0.15) is 17.1 Å². The lowest BCUT2D eigenvalue weighted by molar-refractivity contribution is -0.121. The van der Waals surface area contributed by atoms with Crippen LogP contribution in [0.15, 0.2) is 10.5 Å². The Balaban J connectivity index is 2.53. The van der Waals surface area contributed by atoms with Gasteiger partial charge in [0.15, 0.2) is 0 Å². The first kappa shape index (κ1) is 14.2. The van der Waals surface area contributed by atoms with Crippen molar-refractivity contribution in [1.82, 2.24) is 10.6 Å². The van der Waals surface area contributed by atoms with E-state index in [-0.39, 0.29) is 12.5 Å². The molecule has 0 aliphatic carbocycles. The Morgan fingerprint density at radius 1 is 1.44 bits per heavy atom. The Morgan fingerprint density at radius 2 is 2.17 bits per heavy atom. The van der Waals surface area contributed by atoms with Gasteiger partial charge in [0.2, 0.25) is 5.91 Å². The summed E-state index contributed by atoms with van der Waals surface area (Å²) in [4.78, 5) is 22.7. The summed E-state index contributed by atoms with van der Waals surface area (Å²) in [5.74, 6) is 0.508. The topological polar surface area (TPSA) is 80.6 Å². The number of carbonyl (C=O) groups is 2. The number of carbonyl (C=O) groups excluding carboxylic acids is 2. The largest absolute Gasteiger partial charge is 0.465 e. The Labute approximate surface area is 106 Å². The van der Waals surface area contributed by atoms with Crippen LogP contribution < -0.4 is 10.6 Å². The second kappa shape index (κ2) is 6.80. The predicted octanol–water partition coefficient (Wildman–Crippen LogP) is 0.600. The van der Waals surface area contributed by atoms with Crippen LogP contribution in [-0.2, 0) is 16.1 Å². The zero-order valence-electron chi connectivity index (χ0n) is 10.8. The van der Waals surface area contributed by atoms with E-state index in [4.69, 9.17) is 4.42 Å². The average Bonchev–Trinajstić information content (AvgIpc) is 2.74. The van der Waals surface area contributed by atoms with Gasteiger partial charge in [-0.25, -0.2) is 4.79 Å². The first-order valence-electron chi connectivity index (χ1n) is 5.67. The van der Waals surface area contributed by atoms with Gasteiger partial charge >= 0.3 is 5.97 Å². The maximum atomic E-state index is 11.4. The van der Waals surface area contributed by atoms with E-state index in [2.05, 4.69) is 15.4 Å². The lowest BCUT2D eigenvalue weighted by Crippen LogP contribution is -2.25. The van der Waals surface area contributed by atoms with E-state index in [1.54, 1.807) is 20.0 Å². The Morgan fingerprint density at radius 3 is 2.78 bits per heavy atom. The third-order valence-electron chi connectivity index (χ3n) is 2.44. The van der Waals surface area contributed by atoms with Crippen LogP contribution in [0.25, 0.3) is 0 Å². The molecule has 100 valence electrons. The third-order valence-corrected chi connectivity index (χ3v) is 2.44. The Hall–Kier alpha value is -1.82. The van der Waals surface area contributed by atoms with Crippen molar-refractivity contribution in [3.8, 4) is 0 Å². The first-order valence-corrected chi connectivity index (χ1v) is 5.67. The highest BCUT2D eigenvalue weighted by Crippen LogP contribution is 2.15. The third kappa shape index (κ3) is 3.89. The van der Waals surface area contributed by atoms with E-state index in [9.17, 15) is 9.59 Å². The number of ether oxygens (including phenoxy) is 1. The molecule has 1 aromatic heterocycles. The van der Waals surface area contributed by atoms with Gasteiger partial charge in [-0.1, -0.05) is 0 Å². The van der Waals surface area contributed by atoms with E-state index in [1.807, 2.05) is 0 Å². The standard InChI is InChI=1S/C12H18N2O4/c1-8-10(12(16)17-3)6-9(18-8)7-14-11(15)4-5-13-2/h6,13H,4-5,7H2,1-3H3,(H,14,15). The molecule has 0 radical (unpaired) electrons. The molecule has 0 unspecified atom stereocenters. The molecule has 0 aromatic carbocycles. The summed E-state index contributed by atoms with van der Waals surface area (Å²) in [7, 11) is 3.10. The average molecular weight is 254 g/mol. The molecule has 0 bridgehead atoms. The maximum absolute atomic E-state index is 11.4. The minimum absolute atomic E-state index is 0.0713. The number of rotatable bonds is 6. The summed E-state index contributed by atoms with van der Waals surface area (Å²) in [5.41, 5.74) is 0.386. The highest BCUT2D eigenvalue weighted by atomic mass is 16.5. The van der Waals surface area contributed by atoms with Crippen molar-refractivity contribution < 1.29 is 18.7 Å². The number of aryl methyl sites for hydroxylation is 1. The van der Waals surface area contributed by atoms with Crippen molar-refractivity contribution in [3.63, 3.8) is 0 Å². The smallest absolute Gasteiger partial charge is 0.341 e. The Bertz CT molecular complexity index is 426. The van der Waals surface area contributed by atoms with E-state index in [0.717, 1.165) is 0 Å². The van der Waals surface area contributed by atoms with E-state index < -0.39 is 5.97 Å². The van der Waals surface area contributed by atoms with Gasteiger partial charge in [-0.2, -0.15) is 0 Å². The molecular formula is C12H18N2O4. The van der Waals surface area contributed by atoms with Gasteiger partial charge in [-0.3, -0.25) is 4.79 Å². The number of esters is 1. The summed E-state index contributed by atoms with van der Waals surface area (Å²) in [6.07, 6.45) is 0.403. The number of hydrogen-bond donors (Lipinski definition) is 2. The molecule has 0 saturated carbocycles. The van der Waals surface area contributed by atoms with Crippen LogP contribution in [0.4, 0.5) is 0 Å². The molecule has 18 heavy (non-hydrogen) atoms. The second-order valence-corrected chi connectivity index (χ2v) is 3.80. The molecule has 1 amide bonds. The van der Waals surface area contributed by atoms with Gasteiger partial charge in [0.05, 0.1) is 13.7 Å². The lowest BCUT2D eigenvalue weighted by Gasteiger charge is -2.02. The number of nitrogens with one attached hydrogen (secondary N) is 2. The van der Waals surface area contributed by atoms with Gasteiger partial charge in [-0.15, -0.1) is 0 Å². The molecule has 0 atom stereocenters. The van der Waals surface area contributed by atoms with Crippen molar-refractivity contribution in [1.29, 1.82) is 0 Å². The minimum atomic E-state index is -0.441. The van der Waals surface area contributed by atoms with Gasteiger partial charge in [-0.05, 0) is 20.0 Å². The van der Waals surface area contributed by atoms with Crippen LogP contribution in [-0.4, -0.2) is 32.6 Å². The molecule has 1 rings (SSSR count). The molecule has 0 spiro atoms. The fourth-order valence-electron chi connectivity index (χ4n) is 1.46. The summed E-state index contributed by atoms with van der Waals surface area (Å²) in [5, 5.41) is 5.59. The van der Waals surface area contributed by atoms with Crippen LogP contribution in [0.5, 0.6) is 0 Å². The van der Waals surface area contributed by atoms with Crippen molar-refractivity contribution in [3.05, 3.63) is 23.2 Å². The highest BCUT2D eigenvalue weighted by Gasteiger charge is 2.15. The van der Waals surface area contributed by atoms with Crippen molar-refractivity contribution >= 4 is 11.9 Å². The first-order chi connectivity index (χ1) is 8.58. The van der Waals surface area contributed by atoms with Crippen molar-refractivity contribution in [2.24, 2.45) is 0 Å². The summed E-state index contributed by atoms with van der Waals surface area (Å²) in [6, 6.07) is 1.58. The summed E-state index contributed by atoms with van der Waals surface area (Å²) >= 11 is 0. The van der Waals surface area contributed by atoms with Gasteiger partial charge < -0.3 is 19.8 Å². The van der Waals surface area contributed by atoms with Crippen molar-refractivity contribution in [2.45, 2.75) is 19.9 Å². The monoisotopic (exact) mass is 254 g/mol. The molecule has 1 aromatic rings. The van der Waals surface area contributed by atoms with Crippen LogP contribution in [0.3, 0.4) is 0 Å². The molecule has 6 nitrogen and oxygen atoms in total. The van der Waals surface area contributed by atoms with Gasteiger partial charge in [0, 0.05) is 13.0 Å². The Kier molecular flexibility index (Phi) is 5.38. The van der Waals surface area contributed by atoms with E-state index in [1.165, 1.54) is 7.11 Å². The summed E-state index contributed by atoms with van der Waals surface area (Å²) < 4.78 is 9.98. The fraction of sp³-hybridized carbons (Fsp3) is 0.500. The molecule has 0 aliphatic rings. The van der Waals surface area contributed by atoms with Crippen LogP contribution in [0.2, 0.25) is 0 Å². The van der Waals surface area contributed by atoms with Crippen LogP contribution >= 0.6 is 0 Å². The quantitative estimate of drug-likeness (QED) is 0.727. The SMILES string of the molecule is CNCCC(=O)NCc1cc(C(=O)OC)c(C)o1. The number of hydrogen-bond acceptors (Lipinski definition) is 5. The second-order valence-electron chi connectivity index (χ2n) is 3.80. The molecule has 0 aliphatic heterocycles. The van der Waals surface area contributed by atoms with Gasteiger partial charge in [0.25, 0.3) is 0 Å². The fourth-order valence-corrected chi connectivity index (χ4v) is 1.46. The minimum Gasteiger partial charge on any atom is -0.465 e. The molecule has 1 heterocycles. The van der Waals surface area contributed by atoms with Crippen molar-refractivity contribution in [2.75, 3.05) is 20.7 Å².